The summed E-state index contributed by atoms with van der Waals surface area (Å²) >= 11 is 0. The first kappa shape index (κ1) is 16.6. The first-order valence-corrected chi connectivity index (χ1v) is 5.90. The van der Waals surface area contributed by atoms with E-state index >= 15 is 0 Å². The van der Waals surface area contributed by atoms with Gasteiger partial charge in [0.25, 0.3) is 0 Å². The molecule has 0 aromatic rings. The van der Waals surface area contributed by atoms with Gasteiger partial charge in [-0.3, -0.25) is 9.59 Å². The molecule has 0 rings (SSSR count). The number of carbonyl (C=O) groups excluding carboxylic acids is 2. The molecule has 2 amide bonds. The first-order valence-electron chi connectivity index (χ1n) is 5.90. The molecule has 0 fully saturated rings. The molecule has 5 N–H and O–H groups in total. The minimum absolute atomic E-state index is 0.113. The summed E-state index contributed by atoms with van der Waals surface area (Å²) in [5.74, 6) is -0.446. The Balaban J connectivity index is 3.26. The third kappa shape index (κ3) is 11.1. The summed E-state index contributed by atoms with van der Waals surface area (Å²) in [6.07, 6.45) is 1.50. The van der Waals surface area contributed by atoms with Gasteiger partial charge in [-0.15, -0.1) is 0 Å². The molecule has 0 spiro atoms. The zero-order chi connectivity index (χ0) is 13.6. The Hall–Kier alpha value is -1.44. The van der Waals surface area contributed by atoms with E-state index in [0.717, 1.165) is 19.2 Å². The van der Waals surface area contributed by atoms with Crippen LogP contribution >= 0.6 is 0 Å². The molecule has 0 aliphatic heterocycles. The Labute approximate surface area is 107 Å². The molecule has 0 aromatic heterocycles. The lowest BCUT2D eigenvalue weighted by atomic mass is 10.4. The van der Waals surface area contributed by atoms with Gasteiger partial charge >= 0.3 is 0 Å². The minimum Gasteiger partial charge on any atom is -0.395 e. The fourth-order valence-electron chi connectivity index (χ4n) is 1.10. The molecule has 0 heterocycles. The Kier molecular flexibility index (Phi) is 11.1. The zero-order valence-corrected chi connectivity index (χ0v) is 10.5. The summed E-state index contributed by atoms with van der Waals surface area (Å²) < 4.78 is 0. The largest absolute Gasteiger partial charge is 0.395 e. The highest BCUT2D eigenvalue weighted by atomic mass is 16.3. The monoisotopic (exact) mass is 258 g/mol. The molecule has 0 saturated carbocycles. The van der Waals surface area contributed by atoms with Crippen molar-refractivity contribution in [2.24, 2.45) is 0 Å². The second-order valence-electron chi connectivity index (χ2n) is 3.50. The van der Waals surface area contributed by atoms with Gasteiger partial charge in [-0.2, -0.15) is 0 Å². The van der Waals surface area contributed by atoms with Crippen LogP contribution in [0.2, 0.25) is 0 Å². The highest BCUT2D eigenvalue weighted by molar-refractivity contribution is 5.87. The Morgan fingerprint density at radius 2 is 1.72 bits per heavy atom. The van der Waals surface area contributed by atoms with Crippen LogP contribution < -0.4 is 21.3 Å². The number of carbonyl (C=O) groups is 2. The van der Waals surface area contributed by atoms with E-state index in [1.807, 2.05) is 0 Å². The summed E-state index contributed by atoms with van der Waals surface area (Å²) in [5.41, 5.74) is 0. The van der Waals surface area contributed by atoms with Gasteiger partial charge < -0.3 is 26.4 Å². The average molecular weight is 258 g/mol. The van der Waals surface area contributed by atoms with Crippen LogP contribution in [0.1, 0.15) is 6.42 Å². The van der Waals surface area contributed by atoms with Crippen LogP contribution in [0.3, 0.4) is 0 Å². The molecule has 0 aliphatic rings. The normalized spacial score (nSPS) is 9.83. The molecule has 0 atom stereocenters. The van der Waals surface area contributed by atoms with Crippen LogP contribution in [0.4, 0.5) is 0 Å². The van der Waals surface area contributed by atoms with Crippen LogP contribution in [0.5, 0.6) is 0 Å². The highest BCUT2D eigenvalue weighted by Crippen LogP contribution is 1.76. The van der Waals surface area contributed by atoms with Gasteiger partial charge in [0.05, 0.1) is 13.3 Å². The number of amides is 2. The van der Waals surface area contributed by atoms with E-state index in [-0.39, 0.29) is 25.1 Å². The van der Waals surface area contributed by atoms with Gasteiger partial charge in [0.1, 0.15) is 0 Å². The summed E-state index contributed by atoms with van der Waals surface area (Å²) in [6, 6.07) is 0. The van der Waals surface area contributed by atoms with Crippen molar-refractivity contribution >= 4 is 11.8 Å². The predicted molar refractivity (Wildman–Crippen MR) is 68.8 cm³/mol. The standard InChI is InChI=1S/C11H22N4O3/c1-2-10(17)14-9-15-11(18)3-4-12-5-6-13-7-8-16/h2,12-13,16H,1,3-9H2,(H,14,17)(H,15,18). The molecule has 7 heteroatoms. The summed E-state index contributed by atoms with van der Waals surface area (Å²) in [4.78, 5) is 22.0. The number of aliphatic hydroxyl groups is 1. The van der Waals surface area contributed by atoms with E-state index in [4.69, 9.17) is 5.11 Å². The van der Waals surface area contributed by atoms with Gasteiger partial charge in [-0.1, -0.05) is 6.58 Å². The van der Waals surface area contributed by atoms with Crippen LogP contribution in [0.25, 0.3) is 0 Å². The summed E-state index contributed by atoms with van der Waals surface area (Å²) in [6.45, 7) is 6.16. The lowest BCUT2D eigenvalue weighted by Crippen LogP contribution is -2.38. The van der Waals surface area contributed by atoms with Crippen molar-refractivity contribution in [2.75, 3.05) is 39.5 Å². The zero-order valence-electron chi connectivity index (χ0n) is 10.5. The number of hydrogen-bond donors (Lipinski definition) is 5. The average Bonchev–Trinajstić information content (AvgIpc) is 2.37. The van der Waals surface area contributed by atoms with E-state index in [0.29, 0.717) is 19.5 Å². The highest BCUT2D eigenvalue weighted by Gasteiger charge is 2.00. The SMILES string of the molecule is C=CC(=O)NCNC(=O)CCNCCNCCO. The van der Waals surface area contributed by atoms with Gasteiger partial charge in [0.15, 0.2) is 0 Å². The second kappa shape index (κ2) is 12.0. The molecule has 0 unspecified atom stereocenters. The molecule has 7 nitrogen and oxygen atoms in total. The molecule has 0 bridgehead atoms. The summed E-state index contributed by atoms with van der Waals surface area (Å²) in [5, 5.41) is 19.6. The lowest BCUT2D eigenvalue weighted by molar-refractivity contribution is -0.121. The van der Waals surface area contributed by atoms with Crippen LogP contribution in [-0.2, 0) is 9.59 Å². The molecule has 104 valence electrons. The van der Waals surface area contributed by atoms with E-state index < -0.39 is 0 Å². The van der Waals surface area contributed by atoms with Crippen molar-refractivity contribution in [3.63, 3.8) is 0 Å². The number of nitrogens with one attached hydrogen (secondary N) is 4. The van der Waals surface area contributed by atoms with Gasteiger partial charge in [0.2, 0.25) is 11.8 Å². The van der Waals surface area contributed by atoms with Crippen LogP contribution in [-0.4, -0.2) is 56.4 Å². The summed E-state index contributed by atoms with van der Waals surface area (Å²) in [7, 11) is 0. The minimum atomic E-state index is -0.316. The quantitative estimate of drug-likeness (QED) is 0.166. The lowest BCUT2D eigenvalue weighted by Gasteiger charge is -2.07. The third-order valence-corrected chi connectivity index (χ3v) is 2.03. The number of hydrogen-bond acceptors (Lipinski definition) is 5. The Morgan fingerprint density at radius 1 is 1.06 bits per heavy atom. The van der Waals surface area contributed by atoms with E-state index in [9.17, 15) is 9.59 Å². The Morgan fingerprint density at radius 3 is 2.33 bits per heavy atom. The molecular formula is C11H22N4O3. The maximum atomic E-state index is 11.3. The molecule has 0 aliphatic carbocycles. The van der Waals surface area contributed by atoms with Crippen molar-refractivity contribution in [3.8, 4) is 0 Å². The smallest absolute Gasteiger partial charge is 0.244 e. The molecule has 0 radical (unpaired) electrons. The topological polar surface area (TPSA) is 102 Å². The van der Waals surface area contributed by atoms with Gasteiger partial charge in [-0.25, -0.2) is 0 Å². The van der Waals surface area contributed by atoms with Crippen LogP contribution in [0.15, 0.2) is 12.7 Å². The molecule has 0 aromatic carbocycles. The van der Waals surface area contributed by atoms with E-state index in [1.165, 1.54) is 0 Å². The molecule has 18 heavy (non-hydrogen) atoms. The van der Waals surface area contributed by atoms with Crippen molar-refractivity contribution in [1.29, 1.82) is 0 Å². The van der Waals surface area contributed by atoms with Crippen molar-refractivity contribution < 1.29 is 14.7 Å². The van der Waals surface area contributed by atoms with Crippen LogP contribution in [0, 0.1) is 0 Å². The Bertz CT molecular complexity index is 259. The second-order valence-corrected chi connectivity index (χ2v) is 3.50. The third-order valence-electron chi connectivity index (χ3n) is 2.03. The molecular weight excluding hydrogens is 236 g/mol. The van der Waals surface area contributed by atoms with E-state index in [1.54, 1.807) is 0 Å². The van der Waals surface area contributed by atoms with Crippen molar-refractivity contribution in [1.82, 2.24) is 21.3 Å². The van der Waals surface area contributed by atoms with Gasteiger partial charge in [0, 0.05) is 32.6 Å². The van der Waals surface area contributed by atoms with E-state index in [2.05, 4.69) is 27.8 Å². The van der Waals surface area contributed by atoms with Gasteiger partial charge in [-0.05, 0) is 6.08 Å². The van der Waals surface area contributed by atoms with Crippen molar-refractivity contribution in [3.05, 3.63) is 12.7 Å². The van der Waals surface area contributed by atoms with Crippen molar-refractivity contribution in [2.45, 2.75) is 6.42 Å². The predicted octanol–water partition coefficient (Wildman–Crippen LogP) is -2.08. The fraction of sp³-hybridized carbons (Fsp3) is 0.636. The first-order chi connectivity index (χ1) is 8.70. The fourth-order valence-corrected chi connectivity index (χ4v) is 1.10. The number of rotatable bonds is 11. The number of aliphatic hydroxyl groups excluding tert-OH is 1. The molecule has 0 saturated heterocycles. The maximum absolute atomic E-state index is 11.3. The maximum Gasteiger partial charge on any atom is 0.244 e.